The van der Waals surface area contributed by atoms with Gasteiger partial charge in [0.1, 0.15) is 0 Å². The highest BCUT2D eigenvalue weighted by molar-refractivity contribution is 4.93. The molecule has 0 heterocycles. The summed E-state index contributed by atoms with van der Waals surface area (Å²) in [6, 6.07) is -0.557. The van der Waals surface area contributed by atoms with Crippen molar-refractivity contribution in [3.05, 3.63) is 12.2 Å². The topological polar surface area (TPSA) is 66.5 Å². The Morgan fingerprint density at radius 1 is 0.900 bits per heavy atom. The van der Waals surface area contributed by atoms with Gasteiger partial charge in [-0.05, 0) is 12.8 Å². The Morgan fingerprint density at radius 3 is 1.90 bits per heavy atom. The number of hydrogen-bond acceptors (Lipinski definition) is 3. The van der Waals surface area contributed by atoms with E-state index in [2.05, 4.69) is 6.92 Å². The molecule has 0 spiro atoms. The number of hydrogen-bond donors (Lipinski definition) is 3. The van der Waals surface area contributed by atoms with Gasteiger partial charge in [-0.25, -0.2) is 0 Å². The zero-order chi connectivity index (χ0) is 15.1. The highest BCUT2D eigenvalue weighted by Gasteiger charge is 2.08. The van der Waals surface area contributed by atoms with Crippen molar-refractivity contribution in [2.45, 2.75) is 89.7 Å². The van der Waals surface area contributed by atoms with Gasteiger partial charge >= 0.3 is 0 Å². The SMILES string of the molecule is CCCCCCCCCCCC/C=C/[C@@H](O)[C@@H](N)CO. The van der Waals surface area contributed by atoms with E-state index in [1.54, 1.807) is 6.08 Å². The third-order valence-corrected chi connectivity index (χ3v) is 3.71. The lowest BCUT2D eigenvalue weighted by Crippen LogP contribution is -2.36. The van der Waals surface area contributed by atoms with Gasteiger partial charge in [0.25, 0.3) is 0 Å². The molecule has 0 rings (SSSR count). The Kier molecular flexibility index (Phi) is 14.7. The van der Waals surface area contributed by atoms with E-state index in [1.807, 2.05) is 6.08 Å². The maximum Gasteiger partial charge on any atom is 0.0894 e. The van der Waals surface area contributed by atoms with Gasteiger partial charge in [-0.1, -0.05) is 76.9 Å². The molecule has 0 amide bonds. The summed E-state index contributed by atoms with van der Waals surface area (Å²) in [6.07, 6.45) is 17.4. The van der Waals surface area contributed by atoms with Crippen molar-refractivity contribution in [2.24, 2.45) is 5.73 Å². The maximum absolute atomic E-state index is 9.51. The fraction of sp³-hybridized carbons (Fsp3) is 0.882. The van der Waals surface area contributed by atoms with E-state index in [9.17, 15) is 5.11 Å². The molecule has 0 unspecified atom stereocenters. The number of nitrogens with two attached hydrogens (primary N) is 1. The molecule has 3 heteroatoms. The molecule has 120 valence electrons. The first-order valence-electron chi connectivity index (χ1n) is 8.43. The maximum atomic E-state index is 9.51. The molecule has 0 aliphatic rings. The molecule has 0 fully saturated rings. The summed E-state index contributed by atoms with van der Waals surface area (Å²) in [5, 5.41) is 18.3. The Morgan fingerprint density at radius 2 is 1.40 bits per heavy atom. The molecular formula is C17H35NO2. The molecule has 0 aromatic carbocycles. The number of allylic oxidation sites excluding steroid dienone is 1. The molecule has 0 aliphatic carbocycles. The second-order valence-electron chi connectivity index (χ2n) is 5.74. The largest absolute Gasteiger partial charge is 0.395 e. The van der Waals surface area contributed by atoms with E-state index in [-0.39, 0.29) is 6.61 Å². The highest BCUT2D eigenvalue weighted by Crippen LogP contribution is 2.11. The Balaban J connectivity index is 3.22. The van der Waals surface area contributed by atoms with Crippen LogP contribution in [0.4, 0.5) is 0 Å². The Labute approximate surface area is 125 Å². The van der Waals surface area contributed by atoms with Gasteiger partial charge in [0, 0.05) is 0 Å². The number of aliphatic hydroxyl groups is 2. The number of unbranched alkanes of at least 4 members (excludes halogenated alkanes) is 10. The zero-order valence-electron chi connectivity index (χ0n) is 13.3. The van der Waals surface area contributed by atoms with E-state index in [1.165, 1.54) is 64.2 Å². The van der Waals surface area contributed by atoms with Crippen LogP contribution in [0.5, 0.6) is 0 Å². The first-order chi connectivity index (χ1) is 9.72. The van der Waals surface area contributed by atoms with E-state index in [4.69, 9.17) is 10.8 Å². The third kappa shape index (κ3) is 12.6. The smallest absolute Gasteiger partial charge is 0.0894 e. The fourth-order valence-corrected chi connectivity index (χ4v) is 2.24. The van der Waals surface area contributed by atoms with Crippen LogP contribution < -0.4 is 5.73 Å². The van der Waals surface area contributed by atoms with Crippen molar-refractivity contribution in [3.63, 3.8) is 0 Å². The highest BCUT2D eigenvalue weighted by atomic mass is 16.3. The molecule has 0 aromatic rings. The molecule has 0 radical (unpaired) electrons. The molecular weight excluding hydrogens is 250 g/mol. The van der Waals surface area contributed by atoms with Crippen molar-refractivity contribution in [2.75, 3.05) is 6.61 Å². The first-order valence-corrected chi connectivity index (χ1v) is 8.43. The predicted molar refractivity (Wildman–Crippen MR) is 86.7 cm³/mol. The molecule has 0 aromatic heterocycles. The summed E-state index contributed by atoms with van der Waals surface area (Å²) >= 11 is 0. The van der Waals surface area contributed by atoms with Crippen molar-refractivity contribution in [1.29, 1.82) is 0 Å². The normalized spacial score (nSPS) is 14.8. The van der Waals surface area contributed by atoms with Crippen molar-refractivity contribution in [3.8, 4) is 0 Å². The van der Waals surface area contributed by atoms with Crippen LogP contribution in [0.15, 0.2) is 12.2 Å². The first kappa shape index (κ1) is 19.6. The minimum atomic E-state index is -0.719. The molecule has 3 nitrogen and oxygen atoms in total. The third-order valence-electron chi connectivity index (χ3n) is 3.71. The molecule has 4 N–H and O–H groups in total. The van der Waals surface area contributed by atoms with Crippen LogP contribution >= 0.6 is 0 Å². The van der Waals surface area contributed by atoms with Crippen LogP contribution in [-0.2, 0) is 0 Å². The minimum Gasteiger partial charge on any atom is -0.395 e. The van der Waals surface area contributed by atoms with Crippen LogP contribution in [0.3, 0.4) is 0 Å². The monoisotopic (exact) mass is 285 g/mol. The van der Waals surface area contributed by atoms with Gasteiger partial charge in [0.15, 0.2) is 0 Å². The standard InChI is InChI=1S/C17H35NO2/c1-2-3-4-5-6-7-8-9-10-11-12-13-14-17(20)16(18)15-19/h13-14,16-17,19-20H,2-12,15,18H2,1H3/b14-13+/t16-,17+/m0/s1. The van der Waals surface area contributed by atoms with Crippen LogP contribution in [0, 0.1) is 0 Å². The lowest BCUT2D eigenvalue weighted by atomic mass is 10.1. The minimum absolute atomic E-state index is 0.177. The summed E-state index contributed by atoms with van der Waals surface area (Å²) in [4.78, 5) is 0. The summed E-state index contributed by atoms with van der Waals surface area (Å²) in [5.41, 5.74) is 5.50. The number of aliphatic hydroxyl groups excluding tert-OH is 2. The van der Waals surface area contributed by atoms with Gasteiger partial charge in [0.2, 0.25) is 0 Å². The lowest BCUT2D eigenvalue weighted by molar-refractivity contribution is 0.144. The molecule has 0 aliphatic heterocycles. The summed E-state index contributed by atoms with van der Waals surface area (Å²) < 4.78 is 0. The average Bonchev–Trinajstić information content (AvgIpc) is 2.47. The van der Waals surface area contributed by atoms with Gasteiger partial charge in [-0.3, -0.25) is 0 Å². The molecule has 0 bridgehead atoms. The lowest BCUT2D eigenvalue weighted by Gasteiger charge is -2.11. The summed E-state index contributed by atoms with van der Waals surface area (Å²) in [5.74, 6) is 0. The van der Waals surface area contributed by atoms with E-state index < -0.39 is 12.1 Å². The van der Waals surface area contributed by atoms with Crippen LogP contribution in [0.2, 0.25) is 0 Å². The summed E-state index contributed by atoms with van der Waals surface area (Å²) in [7, 11) is 0. The average molecular weight is 285 g/mol. The van der Waals surface area contributed by atoms with Crippen LogP contribution in [0.25, 0.3) is 0 Å². The van der Waals surface area contributed by atoms with E-state index in [0.717, 1.165) is 6.42 Å². The van der Waals surface area contributed by atoms with E-state index in [0.29, 0.717) is 0 Å². The molecule has 20 heavy (non-hydrogen) atoms. The fourth-order valence-electron chi connectivity index (χ4n) is 2.24. The van der Waals surface area contributed by atoms with Gasteiger partial charge in [-0.15, -0.1) is 0 Å². The number of rotatable bonds is 14. The summed E-state index contributed by atoms with van der Waals surface area (Å²) in [6.45, 7) is 2.08. The van der Waals surface area contributed by atoms with Gasteiger partial charge in [-0.2, -0.15) is 0 Å². The Bertz CT molecular complexity index is 219. The quantitative estimate of drug-likeness (QED) is 0.338. The van der Waals surface area contributed by atoms with Crippen molar-refractivity contribution in [1.82, 2.24) is 0 Å². The van der Waals surface area contributed by atoms with Gasteiger partial charge in [0.05, 0.1) is 18.8 Å². The molecule has 0 saturated carbocycles. The Hall–Kier alpha value is -0.380. The van der Waals surface area contributed by atoms with Crippen LogP contribution in [-0.4, -0.2) is 29.0 Å². The predicted octanol–water partition coefficient (Wildman–Crippen LogP) is 3.53. The second-order valence-corrected chi connectivity index (χ2v) is 5.74. The molecule has 2 atom stereocenters. The molecule has 0 saturated heterocycles. The van der Waals surface area contributed by atoms with Gasteiger partial charge < -0.3 is 15.9 Å². The van der Waals surface area contributed by atoms with Crippen molar-refractivity contribution >= 4 is 0 Å². The van der Waals surface area contributed by atoms with Crippen molar-refractivity contribution < 1.29 is 10.2 Å². The second kappa shape index (κ2) is 15.0. The van der Waals surface area contributed by atoms with E-state index >= 15 is 0 Å². The van der Waals surface area contributed by atoms with Crippen LogP contribution in [0.1, 0.15) is 77.6 Å². The zero-order valence-corrected chi connectivity index (χ0v) is 13.3.